The van der Waals surface area contributed by atoms with Gasteiger partial charge < -0.3 is 15.3 Å². The Bertz CT molecular complexity index is 1410. The summed E-state index contributed by atoms with van der Waals surface area (Å²) in [4.78, 5) is 49.2. The summed E-state index contributed by atoms with van der Waals surface area (Å²) < 4.78 is 0. The number of aliphatic hydroxyl groups is 1. The summed E-state index contributed by atoms with van der Waals surface area (Å²) in [6.07, 6.45) is 0. The molecule has 3 aromatic carbocycles. The number of amides is 1. The third-order valence-corrected chi connectivity index (χ3v) is 5.72. The van der Waals surface area contributed by atoms with Crippen LogP contribution in [0.25, 0.3) is 5.76 Å². The van der Waals surface area contributed by atoms with Crippen LogP contribution in [-0.2, 0) is 9.59 Å². The third-order valence-electron chi connectivity index (χ3n) is 5.47. The summed E-state index contributed by atoms with van der Waals surface area (Å²) in [6, 6.07) is 12.9. The number of rotatable bonds is 5. The number of carbonyl (C=O) groups is 3. The summed E-state index contributed by atoms with van der Waals surface area (Å²) in [5.74, 6) is -4.64. The average Bonchev–Trinajstić information content (AvgIpc) is 3.09. The van der Waals surface area contributed by atoms with E-state index >= 15 is 0 Å². The Morgan fingerprint density at radius 3 is 2.17 bits per heavy atom. The minimum absolute atomic E-state index is 0.0409. The molecular formula is C24H15ClN2O8. The van der Waals surface area contributed by atoms with Gasteiger partial charge in [0.1, 0.15) is 17.1 Å². The number of aromatic hydroxyl groups is 1. The van der Waals surface area contributed by atoms with E-state index in [2.05, 4.69) is 0 Å². The fourth-order valence-corrected chi connectivity index (χ4v) is 3.93. The number of benzene rings is 3. The monoisotopic (exact) mass is 494 g/mol. The number of hydrogen-bond acceptors (Lipinski definition) is 7. The van der Waals surface area contributed by atoms with E-state index in [9.17, 15) is 39.8 Å². The maximum absolute atomic E-state index is 13.1. The van der Waals surface area contributed by atoms with Crippen LogP contribution in [0, 0.1) is 10.1 Å². The Balaban J connectivity index is 1.96. The van der Waals surface area contributed by atoms with Crippen LogP contribution in [0.4, 0.5) is 11.4 Å². The second-order valence-electron chi connectivity index (χ2n) is 7.53. The standard InChI is InChI=1S/C24H15ClN2O8/c25-14-5-1-13(2-6-14)21(29)19-20(12-3-7-15(8-4-12)27(34)35)26(23(31)22(19)30)16-9-10-18(28)17(11-16)24(32)33/h1-11,20,28-29H,(H,32,33)/t20-/m1/s1. The summed E-state index contributed by atoms with van der Waals surface area (Å²) in [5.41, 5.74) is -0.658. The fraction of sp³-hybridized carbons (Fsp3) is 0.0417. The van der Waals surface area contributed by atoms with Crippen molar-refractivity contribution in [1.29, 1.82) is 0 Å². The molecule has 35 heavy (non-hydrogen) atoms. The number of aromatic carboxylic acids is 1. The Labute approximate surface area is 202 Å². The van der Waals surface area contributed by atoms with Crippen molar-refractivity contribution in [1.82, 2.24) is 0 Å². The summed E-state index contributed by atoms with van der Waals surface area (Å²) >= 11 is 5.90. The predicted octanol–water partition coefficient (Wildman–Crippen LogP) is 4.28. The van der Waals surface area contributed by atoms with E-state index in [4.69, 9.17) is 11.6 Å². The van der Waals surface area contributed by atoms with Crippen LogP contribution in [-0.4, -0.2) is 37.9 Å². The van der Waals surface area contributed by atoms with E-state index in [1.54, 1.807) is 0 Å². The van der Waals surface area contributed by atoms with Crippen molar-refractivity contribution in [3.63, 3.8) is 0 Å². The Hall–Kier alpha value is -4.70. The first-order chi connectivity index (χ1) is 16.6. The summed E-state index contributed by atoms with van der Waals surface area (Å²) in [7, 11) is 0. The summed E-state index contributed by atoms with van der Waals surface area (Å²) in [5, 5.41) is 41.7. The number of nitrogens with zero attached hydrogens (tertiary/aromatic N) is 2. The molecule has 0 bridgehead atoms. The Morgan fingerprint density at radius 2 is 1.60 bits per heavy atom. The molecule has 1 fully saturated rings. The maximum Gasteiger partial charge on any atom is 0.339 e. The second kappa shape index (κ2) is 8.92. The number of nitro benzene ring substituents is 1. The van der Waals surface area contributed by atoms with Gasteiger partial charge in [-0.05, 0) is 60.2 Å². The van der Waals surface area contributed by atoms with Crippen molar-refractivity contribution in [2.24, 2.45) is 0 Å². The highest BCUT2D eigenvalue weighted by Crippen LogP contribution is 2.43. The molecule has 0 radical (unpaired) electrons. The molecule has 3 aromatic rings. The number of aliphatic hydroxyl groups excluding tert-OH is 1. The molecule has 176 valence electrons. The second-order valence-corrected chi connectivity index (χ2v) is 7.97. The molecule has 0 spiro atoms. The SMILES string of the molecule is O=C1C(=O)N(c2ccc(O)c(C(=O)O)c2)[C@H](c2ccc([N+](=O)[O-])cc2)C1=C(O)c1ccc(Cl)cc1. The lowest BCUT2D eigenvalue weighted by Crippen LogP contribution is -2.29. The van der Waals surface area contributed by atoms with E-state index in [1.165, 1.54) is 54.6 Å². The molecule has 11 heteroatoms. The average molecular weight is 495 g/mol. The van der Waals surface area contributed by atoms with Crippen molar-refractivity contribution >= 4 is 46.4 Å². The number of carboxylic acids is 1. The smallest absolute Gasteiger partial charge is 0.339 e. The molecule has 0 unspecified atom stereocenters. The van der Waals surface area contributed by atoms with Gasteiger partial charge in [0.2, 0.25) is 0 Å². The normalized spacial score (nSPS) is 16.9. The van der Waals surface area contributed by atoms with E-state index in [1.807, 2.05) is 0 Å². The zero-order valence-corrected chi connectivity index (χ0v) is 18.3. The van der Waals surface area contributed by atoms with Crippen LogP contribution in [0.3, 0.4) is 0 Å². The zero-order chi connectivity index (χ0) is 25.4. The van der Waals surface area contributed by atoms with Crippen LogP contribution in [0.2, 0.25) is 5.02 Å². The van der Waals surface area contributed by atoms with Gasteiger partial charge in [-0.25, -0.2) is 4.79 Å². The Morgan fingerprint density at radius 1 is 0.971 bits per heavy atom. The molecule has 0 aliphatic carbocycles. The molecule has 1 aliphatic heterocycles. The maximum atomic E-state index is 13.1. The number of non-ortho nitro benzene ring substituents is 1. The number of halogens is 1. The zero-order valence-electron chi connectivity index (χ0n) is 17.6. The van der Waals surface area contributed by atoms with E-state index in [-0.39, 0.29) is 28.1 Å². The molecular weight excluding hydrogens is 480 g/mol. The molecule has 1 aliphatic rings. The number of carboxylic acid groups (broad SMARTS) is 1. The summed E-state index contributed by atoms with van der Waals surface area (Å²) in [6.45, 7) is 0. The van der Waals surface area contributed by atoms with Gasteiger partial charge in [-0.2, -0.15) is 0 Å². The van der Waals surface area contributed by atoms with Crippen molar-refractivity contribution in [2.45, 2.75) is 6.04 Å². The third kappa shape index (κ3) is 4.18. The van der Waals surface area contributed by atoms with Crippen molar-refractivity contribution < 1.29 is 34.6 Å². The van der Waals surface area contributed by atoms with Crippen LogP contribution in [0.1, 0.15) is 27.5 Å². The van der Waals surface area contributed by atoms with E-state index in [0.717, 1.165) is 17.0 Å². The van der Waals surface area contributed by atoms with E-state index in [0.29, 0.717) is 5.02 Å². The minimum Gasteiger partial charge on any atom is -0.507 e. The number of carbonyl (C=O) groups excluding carboxylic acids is 2. The van der Waals surface area contributed by atoms with E-state index < -0.39 is 45.7 Å². The first kappa shape index (κ1) is 23.5. The van der Waals surface area contributed by atoms with Gasteiger partial charge in [-0.1, -0.05) is 11.6 Å². The van der Waals surface area contributed by atoms with Crippen LogP contribution >= 0.6 is 11.6 Å². The minimum atomic E-state index is -1.46. The Kier molecular flexibility index (Phi) is 5.98. The number of ketones is 1. The molecule has 1 heterocycles. The van der Waals surface area contributed by atoms with Crippen molar-refractivity contribution in [3.8, 4) is 5.75 Å². The lowest BCUT2D eigenvalue weighted by atomic mass is 9.95. The molecule has 0 saturated carbocycles. The number of nitro groups is 1. The molecule has 1 atom stereocenters. The fourth-order valence-electron chi connectivity index (χ4n) is 3.80. The van der Waals surface area contributed by atoms with Gasteiger partial charge in [0.05, 0.1) is 16.5 Å². The van der Waals surface area contributed by atoms with Crippen LogP contribution < -0.4 is 4.90 Å². The van der Waals surface area contributed by atoms with Crippen LogP contribution in [0.15, 0.2) is 72.3 Å². The topological polar surface area (TPSA) is 158 Å². The molecule has 0 aromatic heterocycles. The molecule has 10 nitrogen and oxygen atoms in total. The highest BCUT2D eigenvalue weighted by molar-refractivity contribution is 6.51. The number of anilines is 1. The number of Topliss-reactive ketones (excluding diaryl/α,β-unsaturated/α-hetero) is 1. The highest BCUT2D eigenvalue weighted by Gasteiger charge is 2.47. The quantitative estimate of drug-likeness (QED) is 0.156. The number of hydrogen-bond donors (Lipinski definition) is 3. The first-order valence-corrected chi connectivity index (χ1v) is 10.4. The van der Waals surface area contributed by atoms with Gasteiger partial charge in [-0.3, -0.25) is 24.6 Å². The number of phenols is 1. The van der Waals surface area contributed by atoms with Crippen molar-refractivity contribution in [3.05, 3.63) is 104 Å². The largest absolute Gasteiger partial charge is 0.507 e. The van der Waals surface area contributed by atoms with Gasteiger partial charge in [-0.15, -0.1) is 0 Å². The molecule has 1 amide bonds. The lowest BCUT2D eigenvalue weighted by molar-refractivity contribution is -0.384. The molecule has 1 saturated heterocycles. The van der Waals surface area contributed by atoms with Gasteiger partial charge in [0, 0.05) is 28.4 Å². The van der Waals surface area contributed by atoms with Gasteiger partial charge >= 0.3 is 5.97 Å². The van der Waals surface area contributed by atoms with Crippen molar-refractivity contribution in [2.75, 3.05) is 4.90 Å². The molecule has 3 N–H and O–H groups in total. The van der Waals surface area contributed by atoms with Gasteiger partial charge in [0.25, 0.3) is 17.4 Å². The van der Waals surface area contributed by atoms with Gasteiger partial charge in [0.15, 0.2) is 0 Å². The predicted molar refractivity (Wildman–Crippen MR) is 124 cm³/mol. The van der Waals surface area contributed by atoms with Crippen LogP contribution in [0.5, 0.6) is 5.75 Å². The molecule has 4 rings (SSSR count). The lowest BCUT2D eigenvalue weighted by Gasteiger charge is -2.25. The first-order valence-electron chi connectivity index (χ1n) is 9.97. The highest BCUT2D eigenvalue weighted by atomic mass is 35.5.